The second-order valence-corrected chi connectivity index (χ2v) is 23.6. The molecule has 15 rings (SSSR count). The minimum absolute atomic E-state index is 0.175. The first-order valence-electron chi connectivity index (χ1n) is 29.7. The summed E-state index contributed by atoms with van der Waals surface area (Å²) in [5, 5.41) is 0. The lowest BCUT2D eigenvalue weighted by atomic mass is 9.33. The van der Waals surface area contributed by atoms with Crippen LogP contribution in [0.1, 0.15) is 26.3 Å². The zero-order valence-electron chi connectivity index (χ0n) is 48.0. The molecule has 2 aliphatic rings. The minimum atomic E-state index is -0.259. The van der Waals surface area contributed by atoms with Gasteiger partial charge in [0.1, 0.15) is 0 Å². The van der Waals surface area contributed by atoms with Gasteiger partial charge in [0.05, 0.1) is 11.4 Å². The Hall–Kier alpha value is -10.5. The van der Waals surface area contributed by atoms with Crippen LogP contribution in [0.4, 0.5) is 34.1 Å². The SMILES string of the molecule is CC(C)(C)c1cc2c3c(c1)N(c1c(-c4cccc(-c5ccccc5)c4)cccc1-c1cccc(-c4ccccc4)c1)c1ccc(-c4ccccc4)cc1B3c1cc(-c3ccccc3)ccc1N2c1c(-c2ccccc2)cccc1-c1ccccc1. The Balaban J connectivity index is 1.10. The standard InChI is InChI=1S/C82H61BN2/c1-82(2,3)68-54-77-79-78(55-68)85(81-71(66-40-22-38-62(50-66)56-26-10-4-11-27-56)44-25-45-72(81)67-41-23-39-63(51-67)57-28-12-5-13-29-57)76-49-47-65(59-32-16-7-17-33-59)53-74(76)83(79)73-52-64(58-30-14-6-15-31-58)46-48-75(73)84(77)80-69(60-34-18-8-19-35-60)42-24-43-70(80)61-36-20-9-21-37-61/h4-55H,1-3H3. The second-order valence-electron chi connectivity index (χ2n) is 23.6. The number of hydrogen-bond acceptors (Lipinski definition) is 2. The number of rotatable bonds is 10. The molecule has 2 aliphatic heterocycles. The van der Waals surface area contributed by atoms with Gasteiger partial charge < -0.3 is 9.80 Å². The maximum absolute atomic E-state index is 2.68. The number of nitrogens with zero attached hydrogens (tertiary/aromatic N) is 2. The first-order valence-corrected chi connectivity index (χ1v) is 29.7. The van der Waals surface area contributed by atoms with Gasteiger partial charge in [-0.3, -0.25) is 0 Å². The zero-order valence-corrected chi connectivity index (χ0v) is 48.0. The fraction of sp³-hybridized carbons (Fsp3) is 0.0488. The summed E-state index contributed by atoms with van der Waals surface area (Å²) in [7, 11) is 0. The van der Waals surface area contributed by atoms with Crippen LogP contribution in [-0.4, -0.2) is 6.71 Å². The van der Waals surface area contributed by atoms with Crippen molar-refractivity contribution >= 4 is 57.2 Å². The Bertz CT molecular complexity index is 4450. The summed E-state index contributed by atoms with van der Waals surface area (Å²) in [6.07, 6.45) is 0. The fourth-order valence-corrected chi connectivity index (χ4v) is 13.3. The molecule has 0 aromatic heterocycles. The van der Waals surface area contributed by atoms with Crippen molar-refractivity contribution in [2.24, 2.45) is 0 Å². The molecule has 85 heavy (non-hydrogen) atoms. The number of para-hydroxylation sites is 2. The van der Waals surface area contributed by atoms with Gasteiger partial charge in [0, 0.05) is 45.0 Å². The van der Waals surface area contributed by atoms with Gasteiger partial charge in [0.2, 0.25) is 0 Å². The topological polar surface area (TPSA) is 6.48 Å². The molecule has 0 fully saturated rings. The monoisotopic (exact) mass is 1080 g/mol. The number of fused-ring (bicyclic) bond motifs is 4. The molecule has 2 heterocycles. The summed E-state index contributed by atoms with van der Waals surface area (Å²) in [6, 6.07) is 117. The summed E-state index contributed by atoms with van der Waals surface area (Å²) in [5.41, 5.74) is 30.4. The third kappa shape index (κ3) is 9.26. The maximum Gasteiger partial charge on any atom is 0.252 e. The molecule has 13 aromatic rings. The largest absolute Gasteiger partial charge is 0.310 e. The van der Waals surface area contributed by atoms with E-state index in [1.54, 1.807) is 0 Å². The number of anilines is 6. The molecule has 0 spiro atoms. The highest BCUT2D eigenvalue weighted by molar-refractivity contribution is 7.00. The van der Waals surface area contributed by atoms with E-state index in [-0.39, 0.29) is 12.1 Å². The zero-order chi connectivity index (χ0) is 57.0. The van der Waals surface area contributed by atoms with Crippen LogP contribution in [-0.2, 0) is 5.41 Å². The van der Waals surface area contributed by atoms with E-state index in [2.05, 4.69) is 346 Å². The molecule has 0 unspecified atom stereocenters. The Labute approximate surface area is 500 Å². The third-order valence-corrected chi connectivity index (χ3v) is 17.4. The van der Waals surface area contributed by atoms with Gasteiger partial charge in [-0.25, -0.2) is 0 Å². The Morgan fingerprint density at radius 1 is 0.235 bits per heavy atom. The molecule has 0 amide bonds. The third-order valence-electron chi connectivity index (χ3n) is 17.4. The van der Waals surface area contributed by atoms with E-state index >= 15 is 0 Å². The highest BCUT2D eigenvalue weighted by atomic mass is 15.2. The molecular weight excluding hydrogens is 1020 g/mol. The molecular formula is C82H61BN2. The first kappa shape index (κ1) is 51.4. The van der Waals surface area contributed by atoms with E-state index in [9.17, 15) is 0 Å². The minimum Gasteiger partial charge on any atom is -0.310 e. The van der Waals surface area contributed by atoms with E-state index < -0.39 is 0 Å². The van der Waals surface area contributed by atoms with Crippen molar-refractivity contribution in [3.63, 3.8) is 0 Å². The molecule has 402 valence electrons. The van der Waals surface area contributed by atoms with Crippen molar-refractivity contribution in [1.82, 2.24) is 0 Å². The van der Waals surface area contributed by atoms with Crippen LogP contribution in [0.3, 0.4) is 0 Å². The van der Waals surface area contributed by atoms with Gasteiger partial charge in [0.25, 0.3) is 6.71 Å². The van der Waals surface area contributed by atoms with Crippen LogP contribution >= 0.6 is 0 Å². The van der Waals surface area contributed by atoms with Gasteiger partial charge in [-0.1, -0.05) is 300 Å². The molecule has 0 aliphatic carbocycles. The molecule has 0 bridgehead atoms. The second kappa shape index (κ2) is 21.4. The van der Waals surface area contributed by atoms with Crippen LogP contribution in [0.15, 0.2) is 315 Å². The highest BCUT2D eigenvalue weighted by Gasteiger charge is 2.46. The quantitative estimate of drug-likeness (QED) is 0.126. The van der Waals surface area contributed by atoms with Crippen molar-refractivity contribution in [2.45, 2.75) is 26.2 Å². The molecule has 0 radical (unpaired) electrons. The normalized spacial score (nSPS) is 12.3. The van der Waals surface area contributed by atoms with Gasteiger partial charge in [-0.15, -0.1) is 0 Å². The van der Waals surface area contributed by atoms with Crippen LogP contribution < -0.4 is 26.2 Å². The van der Waals surface area contributed by atoms with Gasteiger partial charge in [0.15, 0.2) is 0 Å². The molecule has 0 saturated heterocycles. The van der Waals surface area contributed by atoms with Crippen LogP contribution in [0, 0.1) is 0 Å². The van der Waals surface area contributed by atoms with Crippen LogP contribution in [0.25, 0.3) is 89.0 Å². The van der Waals surface area contributed by atoms with Crippen molar-refractivity contribution in [1.29, 1.82) is 0 Å². The predicted molar refractivity (Wildman–Crippen MR) is 363 cm³/mol. The van der Waals surface area contributed by atoms with Crippen molar-refractivity contribution < 1.29 is 0 Å². The lowest BCUT2D eigenvalue weighted by Crippen LogP contribution is -2.61. The average Bonchev–Trinajstić information content (AvgIpc) is 0.757. The molecule has 2 nitrogen and oxygen atoms in total. The maximum atomic E-state index is 2.68. The van der Waals surface area contributed by atoms with Crippen LogP contribution in [0.5, 0.6) is 0 Å². The van der Waals surface area contributed by atoms with Gasteiger partial charge in [-0.2, -0.15) is 0 Å². The van der Waals surface area contributed by atoms with E-state index in [1.165, 1.54) is 77.8 Å². The van der Waals surface area contributed by atoms with Gasteiger partial charge >= 0.3 is 0 Å². The number of hydrogen-bond donors (Lipinski definition) is 0. The summed E-state index contributed by atoms with van der Waals surface area (Å²) in [5.74, 6) is 0. The predicted octanol–water partition coefficient (Wildman–Crippen LogP) is 20.4. The van der Waals surface area contributed by atoms with Crippen molar-refractivity contribution in [3.8, 4) is 89.0 Å². The van der Waals surface area contributed by atoms with E-state index in [4.69, 9.17) is 0 Å². The Morgan fingerprint density at radius 2 is 0.518 bits per heavy atom. The van der Waals surface area contributed by atoms with Crippen LogP contribution in [0.2, 0.25) is 0 Å². The molecule has 0 N–H and O–H groups in total. The van der Waals surface area contributed by atoms with Gasteiger partial charge in [-0.05, 0) is 131 Å². The lowest BCUT2D eigenvalue weighted by molar-refractivity contribution is 0.590. The summed E-state index contributed by atoms with van der Waals surface area (Å²) < 4.78 is 0. The average molecular weight is 1090 g/mol. The Kier molecular flexibility index (Phi) is 12.9. The van der Waals surface area contributed by atoms with Crippen molar-refractivity contribution in [3.05, 3.63) is 321 Å². The summed E-state index contributed by atoms with van der Waals surface area (Å²) >= 11 is 0. The van der Waals surface area contributed by atoms with Crippen molar-refractivity contribution in [2.75, 3.05) is 9.80 Å². The lowest BCUT2D eigenvalue weighted by Gasteiger charge is -2.46. The van der Waals surface area contributed by atoms with E-state index in [1.807, 2.05) is 0 Å². The first-order chi connectivity index (χ1) is 41.8. The Morgan fingerprint density at radius 3 is 0.859 bits per heavy atom. The number of benzene rings is 13. The molecule has 0 saturated carbocycles. The molecule has 13 aromatic carbocycles. The van der Waals surface area contributed by atoms with E-state index in [0.29, 0.717) is 0 Å². The highest BCUT2D eigenvalue weighted by Crippen LogP contribution is 2.54. The van der Waals surface area contributed by atoms with E-state index in [0.717, 1.165) is 67.3 Å². The summed E-state index contributed by atoms with van der Waals surface area (Å²) in [6.45, 7) is 6.94. The summed E-state index contributed by atoms with van der Waals surface area (Å²) in [4.78, 5) is 5.33. The molecule has 0 atom stereocenters. The smallest absolute Gasteiger partial charge is 0.252 e. The molecule has 3 heteroatoms. The fourth-order valence-electron chi connectivity index (χ4n) is 13.3.